The van der Waals surface area contributed by atoms with Gasteiger partial charge in [0.15, 0.2) is 6.10 Å². The first-order valence-electron chi connectivity index (χ1n) is 7.48. The van der Waals surface area contributed by atoms with Crippen LogP contribution in [0.1, 0.15) is 39.0 Å². The lowest BCUT2D eigenvalue weighted by Crippen LogP contribution is -2.00. The lowest BCUT2D eigenvalue weighted by atomic mass is 9.94. The van der Waals surface area contributed by atoms with Crippen LogP contribution in [0.3, 0.4) is 0 Å². The van der Waals surface area contributed by atoms with Gasteiger partial charge in [-0.3, -0.25) is 0 Å². The van der Waals surface area contributed by atoms with Gasteiger partial charge in [0.2, 0.25) is 0 Å². The number of carbonyl (C=O) groups excluding carboxylic acids is 1. The van der Waals surface area contributed by atoms with Crippen molar-refractivity contribution in [2.24, 2.45) is 0 Å². The molecule has 3 aromatic rings. The number of hydrogen-bond donors (Lipinski definition) is 0. The van der Waals surface area contributed by atoms with Crippen LogP contribution in [0.5, 0.6) is 0 Å². The normalized spacial score (nSPS) is 16.3. The SMILES string of the molecule is Cc1noc(C)c1-c1ccc2c(c1)C(c1ccccc1)OC2=O. The summed E-state index contributed by atoms with van der Waals surface area (Å²) < 4.78 is 10.8. The van der Waals surface area contributed by atoms with Crippen LogP contribution in [-0.2, 0) is 4.74 Å². The van der Waals surface area contributed by atoms with Gasteiger partial charge < -0.3 is 9.26 Å². The predicted octanol–water partition coefficient (Wildman–Crippen LogP) is 4.22. The number of benzene rings is 2. The fourth-order valence-electron chi connectivity index (χ4n) is 3.13. The summed E-state index contributed by atoms with van der Waals surface area (Å²) in [5.74, 6) is 0.489. The van der Waals surface area contributed by atoms with Crippen LogP contribution >= 0.6 is 0 Å². The number of esters is 1. The highest BCUT2D eigenvalue weighted by Gasteiger charge is 2.32. The van der Waals surface area contributed by atoms with Crippen molar-refractivity contribution < 1.29 is 14.1 Å². The molecular weight excluding hydrogens is 290 g/mol. The third kappa shape index (κ3) is 2.14. The van der Waals surface area contributed by atoms with Gasteiger partial charge in [-0.2, -0.15) is 0 Å². The highest BCUT2D eigenvalue weighted by molar-refractivity contribution is 5.95. The molecule has 0 aliphatic carbocycles. The number of rotatable bonds is 2. The predicted molar refractivity (Wildman–Crippen MR) is 85.1 cm³/mol. The molecule has 1 atom stereocenters. The average molecular weight is 305 g/mol. The molecule has 4 nitrogen and oxygen atoms in total. The molecule has 0 fully saturated rings. The second kappa shape index (κ2) is 5.09. The molecule has 4 rings (SSSR count). The molecule has 0 bridgehead atoms. The average Bonchev–Trinajstić information content (AvgIpc) is 3.08. The van der Waals surface area contributed by atoms with E-state index in [-0.39, 0.29) is 12.1 Å². The number of carbonyl (C=O) groups is 1. The van der Waals surface area contributed by atoms with E-state index in [0.717, 1.165) is 33.7 Å². The van der Waals surface area contributed by atoms with Gasteiger partial charge in [-0.15, -0.1) is 0 Å². The number of aryl methyl sites for hydroxylation is 2. The monoisotopic (exact) mass is 305 g/mol. The summed E-state index contributed by atoms with van der Waals surface area (Å²) >= 11 is 0. The molecule has 0 saturated heterocycles. The summed E-state index contributed by atoms with van der Waals surface area (Å²) in [6.45, 7) is 3.80. The minimum absolute atomic E-state index is 0.279. The van der Waals surface area contributed by atoms with Crippen molar-refractivity contribution in [2.75, 3.05) is 0 Å². The molecule has 1 aliphatic rings. The van der Waals surface area contributed by atoms with Crippen LogP contribution in [0.2, 0.25) is 0 Å². The number of nitrogens with zero attached hydrogens (tertiary/aromatic N) is 1. The zero-order chi connectivity index (χ0) is 16.0. The van der Waals surface area contributed by atoms with Crippen molar-refractivity contribution >= 4 is 5.97 Å². The summed E-state index contributed by atoms with van der Waals surface area (Å²) in [5.41, 5.74) is 5.27. The van der Waals surface area contributed by atoms with Gasteiger partial charge in [0.05, 0.1) is 11.3 Å². The van der Waals surface area contributed by atoms with Gasteiger partial charge >= 0.3 is 5.97 Å². The Morgan fingerprint density at radius 3 is 2.52 bits per heavy atom. The van der Waals surface area contributed by atoms with Crippen molar-refractivity contribution in [3.63, 3.8) is 0 Å². The van der Waals surface area contributed by atoms with E-state index in [4.69, 9.17) is 9.26 Å². The van der Waals surface area contributed by atoms with Crippen LogP contribution in [0, 0.1) is 13.8 Å². The number of hydrogen-bond acceptors (Lipinski definition) is 4. The molecule has 1 aliphatic heterocycles. The van der Waals surface area contributed by atoms with Crippen molar-refractivity contribution in [2.45, 2.75) is 20.0 Å². The van der Waals surface area contributed by atoms with E-state index >= 15 is 0 Å². The summed E-state index contributed by atoms with van der Waals surface area (Å²) in [6, 6.07) is 15.5. The van der Waals surface area contributed by atoms with E-state index in [1.807, 2.05) is 62.4 Å². The zero-order valence-corrected chi connectivity index (χ0v) is 12.9. The van der Waals surface area contributed by atoms with Crippen LogP contribution in [0.15, 0.2) is 53.1 Å². The Labute approximate surface area is 133 Å². The molecule has 1 aromatic heterocycles. The maximum absolute atomic E-state index is 12.1. The summed E-state index contributed by atoms with van der Waals surface area (Å²) in [6.07, 6.45) is -0.362. The van der Waals surface area contributed by atoms with Crippen molar-refractivity contribution in [3.05, 3.63) is 76.7 Å². The lowest BCUT2D eigenvalue weighted by molar-refractivity contribution is 0.0456. The Kier molecular flexibility index (Phi) is 3.05. The molecule has 0 radical (unpaired) electrons. The smallest absolute Gasteiger partial charge is 0.339 e. The van der Waals surface area contributed by atoms with Gasteiger partial charge in [-0.1, -0.05) is 41.6 Å². The number of aromatic nitrogens is 1. The van der Waals surface area contributed by atoms with Gasteiger partial charge in [0.25, 0.3) is 0 Å². The third-order valence-electron chi connectivity index (χ3n) is 4.20. The van der Waals surface area contributed by atoms with Crippen LogP contribution in [-0.4, -0.2) is 11.1 Å². The fraction of sp³-hybridized carbons (Fsp3) is 0.158. The molecule has 0 N–H and O–H groups in total. The van der Waals surface area contributed by atoms with E-state index in [1.54, 1.807) is 0 Å². The molecule has 0 saturated carbocycles. The second-order valence-electron chi connectivity index (χ2n) is 5.70. The maximum atomic E-state index is 12.1. The molecule has 1 unspecified atom stereocenters. The fourth-order valence-corrected chi connectivity index (χ4v) is 3.13. The first-order valence-corrected chi connectivity index (χ1v) is 7.48. The largest absolute Gasteiger partial charge is 0.449 e. The lowest BCUT2D eigenvalue weighted by Gasteiger charge is -2.11. The zero-order valence-electron chi connectivity index (χ0n) is 12.9. The third-order valence-corrected chi connectivity index (χ3v) is 4.20. The van der Waals surface area contributed by atoms with E-state index in [0.29, 0.717) is 5.56 Å². The van der Waals surface area contributed by atoms with Crippen LogP contribution in [0.4, 0.5) is 0 Å². The van der Waals surface area contributed by atoms with Gasteiger partial charge in [-0.25, -0.2) is 4.79 Å². The van der Waals surface area contributed by atoms with E-state index in [2.05, 4.69) is 5.16 Å². The molecular formula is C19H15NO3. The van der Waals surface area contributed by atoms with Gasteiger partial charge in [-0.05, 0) is 37.1 Å². The highest BCUT2D eigenvalue weighted by atomic mass is 16.5. The van der Waals surface area contributed by atoms with Crippen molar-refractivity contribution in [1.82, 2.24) is 5.16 Å². The summed E-state index contributed by atoms with van der Waals surface area (Å²) in [4.78, 5) is 12.1. The molecule has 114 valence electrons. The number of cyclic esters (lactones) is 1. The summed E-state index contributed by atoms with van der Waals surface area (Å²) in [7, 11) is 0. The first kappa shape index (κ1) is 13.8. The minimum Gasteiger partial charge on any atom is -0.449 e. The Bertz CT molecular complexity index is 877. The van der Waals surface area contributed by atoms with Crippen molar-refractivity contribution in [1.29, 1.82) is 0 Å². The molecule has 2 aromatic carbocycles. The Morgan fingerprint density at radius 2 is 1.83 bits per heavy atom. The topological polar surface area (TPSA) is 52.3 Å². The van der Waals surface area contributed by atoms with Crippen molar-refractivity contribution in [3.8, 4) is 11.1 Å². The first-order chi connectivity index (χ1) is 11.1. The van der Waals surface area contributed by atoms with Crippen LogP contribution < -0.4 is 0 Å². The Balaban J connectivity index is 1.86. The van der Waals surface area contributed by atoms with E-state index in [1.165, 1.54) is 0 Å². The van der Waals surface area contributed by atoms with Gasteiger partial charge in [0, 0.05) is 11.1 Å². The maximum Gasteiger partial charge on any atom is 0.339 e. The molecule has 4 heteroatoms. The number of ether oxygens (including phenoxy) is 1. The second-order valence-corrected chi connectivity index (χ2v) is 5.70. The van der Waals surface area contributed by atoms with Crippen LogP contribution in [0.25, 0.3) is 11.1 Å². The summed E-state index contributed by atoms with van der Waals surface area (Å²) in [5, 5.41) is 4.01. The number of fused-ring (bicyclic) bond motifs is 1. The minimum atomic E-state index is -0.362. The molecule has 0 spiro atoms. The Morgan fingerprint density at radius 1 is 1.04 bits per heavy atom. The standard InChI is InChI=1S/C19H15NO3/c1-11-17(12(2)23-20-11)14-8-9-15-16(10-14)18(22-19(15)21)13-6-4-3-5-7-13/h3-10,18H,1-2H3. The molecule has 0 amide bonds. The van der Waals surface area contributed by atoms with E-state index < -0.39 is 0 Å². The van der Waals surface area contributed by atoms with E-state index in [9.17, 15) is 4.79 Å². The molecule has 2 heterocycles. The Hall–Kier alpha value is -2.88. The molecule has 23 heavy (non-hydrogen) atoms. The van der Waals surface area contributed by atoms with Gasteiger partial charge in [0.1, 0.15) is 5.76 Å². The quantitative estimate of drug-likeness (QED) is 0.665. The highest BCUT2D eigenvalue weighted by Crippen LogP contribution is 2.39.